The average Bonchev–Trinajstić information content (AvgIpc) is 2.92. The number of amides is 2. The van der Waals surface area contributed by atoms with E-state index in [1.165, 1.54) is 17.2 Å². The molecule has 1 aromatic rings. The fourth-order valence-electron chi connectivity index (χ4n) is 2.09. The maximum Gasteiger partial charge on any atom is 0.254 e. The number of aromatic nitrogens is 2. The highest BCUT2D eigenvalue weighted by Gasteiger charge is 2.29. The zero-order valence-corrected chi connectivity index (χ0v) is 10.9. The van der Waals surface area contributed by atoms with Crippen LogP contribution in [0.4, 0.5) is 11.8 Å². The Bertz CT molecular complexity index is 553. The monoisotopic (exact) mass is 276 g/mol. The first kappa shape index (κ1) is 13.9. The molecule has 2 rings (SSSR count). The molecule has 0 spiro atoms. The number of primary amides is 1. The highest BCUT2D eigenvalue weighted by Crippen LogP contribution is 2.19. The number of nitrogen functional groups attached to an aromatic ring is 1. The fraction of sp³-hybridized carbons (Fsp3) is 0.333. The zero-order valence-electron chi connectivity index (χ0n) is 10.9. The molecular formula is C12H16N6O2. The van der Waals surface area contributed by atoms with Crippen molar-refractivity contribution in [2.45, 2.75) is 12.5 Å². The minimum absolute atomic E-state index is 0.0318. The number of rotatable bonds is 4. The third-order valence-electron chi connectivity index (χ3n) is 3.10. The van der Waals surface area contributed by atoms with E-state index in [1.54, 1.807) is 0 Å². The van der Waals surface area contributed by atoms with Gasteiger partial charge in [0.2, 0.25) is 5.95 Å². The summed E-state index contributed by atoms with van der Waals surface area (Å²) in [4.78, 5) is 32.5. The van der Waals surface area contributed by atoms with Gasteiger partial charge in [0.05, 0.1) is 11.6 Å². The molecule has 0 bridgehead atoms. The van der Waals surface area contributed by atoms with Gasteiger partial charge in [-0.25, -0.2) is 4.98 Å². The van der Waals surface area contributed by atoms with Crippen LogP contribution in [0, 0.1) is 0 Å². The molecule has 0 saturated carbocycles. The predicted octanol–water partition coefficient (Wildman–Crippen LogP) is -0.961. The van der Waals surface area contributed by atoms with Gasteiger partial charge in [-0.05, 0) is 19.0 Å². The molecule has 20 heavy (non-hydrogen) atoms. The third-order valence-corrected chi connectivity index (χ3v) is 3.10. The number of nitrogens with zero attached hydrogens (tertiary/aromatic N) is 3. The lowest BCUT2D eigenvalue weighted by Gasteiger charge is -2.25. The third kappa shape index (κ3) is 2.59. The lowest BCUT2D eigenvalue weighted by molar-refractivity contribution is -0.114. The molecule has 2 heterocycles. The van der Waals surface area contributed by atoms with E-state index < -0.39 is 5.91 Å². The van der Waals surface area contributed by atoms with Gasteiger partial charge >= 0.3 is 0 Å². The van der Waals surface area contributed by atoms with E-state index in [4.69, 9.17) is 11.5 Å². The number of hydrogen-bond acceptors (Lipinski definition) is 6. The molecule has 1 aromatic heterocycles. The van der Waals surface area contributed by atoms with Gasteiger partial charge in [0, 0.05) is 12.7 Å². The maximum absolute atomic E-state index is 12.0. The van der Waals surface area contributed by atoms with Crippen molar-refractivity contribution < 1.29 is 9.59 Å². The van der Waals surface area contributed by atoms with Crippen LogP contribution in [-0.4, -0.2) is 40.9 Å². The van der Waals surface area contributed by atoms with E-state index >= 15 is 0 Å². The van der Waals surface area contributed by atoms with Gasteiger partial charge in [-0.2, -0.15) is 4.98 Å². The van der Waals surface area contributed by atoms with Crippen molar-refractivity contribution in [1.29, 1.82) is 0 Å². The lowest BCUT2D eigenvalue weighted by Crippen LogP contribution is -2.42. The van der Waals surface area contributed by atoms with Gasteiger partial charge in [-0.15, -0.1) is 0 Å². The summed E-state index contributed by atoms with van der Waals surface area (Å²) >= 11 is 0. The van der Waals surface area contributed by atoms with Gasteiger partial charge in [0.1, 0.15) is 5.82 Å². The quantitative estimate of drug-likeness (QED) is 0.608. The van der Waals surface area contributed by atoms with Crippen molar-refractivity contribution in [3.63, 3.8) is 0 Å². The number of nitrogens with two attached hydrogens (primary N) is 2. The summed E-state index contributed by atoms with van der Waals surface area (Å²) in [6, 6.07) is -0.0701. The Morgan fingerprint density at radius 1 is 1.55 bits per heavy atom. The van der Waals surface area contributed by atoms with Crippen LogP contribution >= 0.6 is 0 Å². The summed E-state index contributed by atoms with van der Waals surface area (Å²) < 4.78 is 0. The molecular weight excluding hydrogens is 260 g/mol. The molecule has 1 unspecified atom stereocenters. The van der Waals surface area contributed by atoms with Gasteiger partial charge in [-0.1, -0.05) is 6.58 Å². The average molecular weight is 276 g/mol. The van der Waals surface area contributed by atoms with Crippen LogP contribution in [-0.2, 0) is 4.79 Å². The molecule has 1 aliphatic heterocycles. The molecule has 1 fully saturated rings. The number of carbonyl (C=O) groups is 2. The second kappa shape index (κ2) is 5.66. The first-order valence-electron chi connectivity index (χ1n) is 6.13. The van der Waals surface area contributed by atoms with Crippen LogP contribution < -0.4 is 21.7 Å². The Balaban J connectivity index is 2.38. The standard InChI is InChI=1S/C12H16N6O2/c1-2-9(19)18(7-3-4-15-5-7)12-16-6-8(11(14)20)10(13)17-12/h2,6-7,15H,1,3-5H2,(H2,14,20)(H2,13,16,17). The Morgan fingerprint density at radius 3 is 2.80 bits per heavy atom. The lowest BCUT2D eigenvalue weighted by atomic mass is 10.2. The Hall–Kier alpha value is -2.48. The van der Waals surface area contributed by atoms with Crippen molar-refractivity contribution >= 4 is 23.6 Å². The first-order valence-corrected chi connectivity index (χ1v) is 6.13. The summed E-state index contributed by atoms with van der Waals surface area (Å²) in [6.07, 6.45) is 3.20. The highest BCUT2D eigenvalue weighted by atomic mass is 16.2. The van der Waals surface area contributed by atoms with Crippen molar-refractivity contribution in [2.75, 3.05) is 23.7 Å². The molecule has 0 aromatic carbocycles. The topological polar surface area (TPSA) is 127 Å². The number of carbonyl (C=O) groups excluding carboxylic acids is 2. The minimum Gasteiger partial charge on any atom is -0.383 e. The summed E-state index contributed by atoms with van der Waals surface area (Å²) in [5, 5.41) is 3.16. The Morgan fingerprint density at radius 2 is 2.30 bits per heavy atom. The molecule has 0 aliphatic carbocycles. The van der Waals surface area contributed by atoms with Crippen LogP contribution in [0.3, 0.4) is 0 Å². The molecule has 2 amide bonds. The van der Waals surface area contributed by atoms with E-state index in [0.29, 0.717) is 6.54 Å². The second-order valence-corrected chi connectivity index (χ2v) is 4.39. The van der Waals surface area contributed by atoms with Crippen LogP contribution in [0.2, 0.25) is 0 Å². The van der Waals surface area contributed by atoms with Gasteiger partial charge < -0.3 is 16.8 Å². The van der Waals surface area contributed by atoms with Gasteiger partial charge in [0.15, 0.2) is 0 Å². The fourth-order valence-corrected chi connectivity index (χ4v) is 2.09. The molecule has 1 atom stereocenters. The zero-order chi connectivity index (χ0) is 14.7. The summed E-state index contributed by atoms with van der Waals surface area (Å²) in [5.41, 5.74) is 10.8. The summed E-state index contributed by atoms with van der Waals surface area (Å²) in [6.45, 7) is 4.92. The van der Waals surface area contributed by atoms with E-state index in [2.05, 4.69) is 21.9 Å². The first-order chi connectivity index (χ1) is 9.54. The molecule has 106 valence electrons. The Labute approximate surface area is 115 Å². The van der Waals surface area contributed by atoms with E-state index in [-0.39, 0.29) is 29.3 Å². The number of hydrogen-bond donors (Lipinski definition) is 3. The normalized spacial score (nSPS) is 17.7. The summed E-state index contributed by atoms with van der Waals surface area (Å²) in [5.74, 6) is -0.926. The molecule has 8 nitrogen and oxygen atoms in total. The van der Waals surface area contributed by atoms with Gasteiger partial charge in [0.25, 0.3) is 11.8 Å². The molecule has 5 N–H and O–H groups in total. The molecule has 0 radical (unpaired) electrons. The van der Waals surface area contributed by atoms with Crippen LogP contribution in [0.25, 0.3) is 0 Å². The van der Waals surface area contributed by atoms with Crippen molar-refractivity contribution in [3.8, 4) is 0 Å². The van der Waals surface area contributed by atoms with E-state index in [1.807, 2.05) is 0 Å². The van der Waals surface area contributed by atoms with Crippen LogP contribution in [0.5, 0.6) is 0 Å². The summed E-state index contributed by atoms with van der Waals surface area (Å²) in [7, 11) is 0. The molecule has 8 heteroatoms. The van der Waals surface area contributed by atoms with Crippen LogP contribution in [0.1, 0.15) is 16.8 Å². The van der Waals surface area contributed by atoms with Gasteiger partial charge in [-0.3, -0.25) is 14.5 Å². The minimum atomic E-state index is -0.710. The molecule has 1 saturated heterocycles. The van der Waals surface area contributed by atoms with E-state index in [0.717, 1.165) is 13.0 Å². The van der Waals surface area contributed by atoms with Crippen molar-refractivity contribution in [1.82, 2.24) is 15.3 Å². The van der Waals surface area contributed by atoms with Crippen molar-refractivity contribution in [3.05, 3.63) is 24.4 Å². The Kier molecular flexibility index (Phi) is 3.94. The maximum atomic E-state index is 12.0. The number of nitrogens with one attached hydrogen (secondary N) is 1. The molecule has 1 aliphatic rings. The van der Waals surface area contributed by atoms with Crippen molar-refractivity contribution in [2.24, 2.45) is 5.73 Å². The van der Waals surface area contributed by atoms with E-state index in [9.17, 15) is 9.59 Å². The highest BCUT2D eigenvalue weighted by molar-refractivity contribution is 6.01. The van der Waals surface area contributed by atoms with Crippen LogP contribution in [0.15, 0.2) is 18.9 Å². The smallest absolute Gasteiger partial charge is 0.254 e. The predicted molar refractivity (Wildman–Crippen MR) is 73.9 cm³/mol. The largest absolute Gasteiger partial charge is 0.383 e. The SMILES string of the molecule is C=CC(=O)N(c1ncc(C(N)=O)c(N)n1)C1CCNC1. The number of anilines is 2. The second-order valence-electron chi connectivity index (χ2n) is 4.39.